The minimum atomic E-state index is 0.943. The Labute approximate surface area is 252 Å². The smallest absolute Gasteiger partial charge is 0.0708 e. The number of aryl methyl sites for hydroxylation is 1. The number of nitrogens with two attached hydrogens (primary N) is 1. The molecule has 1 heterocycles. The van der Waals surface area contributed by atoms with Gasteiger partial charge in [-0.1, -0.05) is 103 Å². The van der Waals surface area contributed by atoms with Gasteiger partial charge in [-0.3, -0.25) is 4.98 Å². The number of fused-ring (bicyclic) bond motifs is 3. The lowest BCUT2D eigenvalue weighted by Crippen LogP contribution is -1.94. The van der Waals surface area contributed by atoms with Crippen LogP contribution in [-0.2, 0) is 0 Å². The van der Waals surface area contributed by atoms with E-state index in [1.807, 2.05) is 25.3 Å². The Morgan fingerprint density at radius 3 is 1.91 bits per heavy atom. The van der Waals surface area contributed by atoms with Crippen LogP contribution in [0.15, 0.2) is 146 Å². The summed E-state index contributed by atoms with van der Waals surface area (Å²) in [5, 5.41) is 7.54. The van der Waals surface area contributed by atoms with Crippen molar-refractivity contribution in [2.24, 2.45) is 5.73 Å². The number of aromatic nitrogens is 1. The molecule has 7 aromatic rings. The molecule has 0 bridgehead atoms. The van der Waals surface area contributed by atoms with Gasteiger partial charge in [-0.05, 0) is 122 Å². The molecule has 0 unspecified atom stereocenters. The van der Waals surface area contributed by atoms with Crippen LogP contribution in [0, 0.1) is 6.92 Å². The summed E-state index contributed by atoms with van der Waals surface area (Å²) in [6.45, 7) is 4.23. The molecule has 0 saturated carbocycles. The van der Waals surface area contributed by atoms with Crippen LogP contribution in [0.2, 0.25) is 0 Å². The van der Waals surface area contributed by atoms with Gasteiger partial charge in [0.15, 0.2) is 0 Å². The number of hydrogen-bond acceptors (Lipinski definition) is 2. The zero-order chi connectivity index (χ0) is 29.3. The number of pyridine rings is 1. The van der Waals surface area contributed by atoms with E-state index in [4.69, 9.17) is 10.7 Å². The van der Waals surface area contributed by atoms with Gasteiger partial charge in [0, 0.05) is 11.8 Å². The van der Waals surface area contributed by atoms with E-state index in [0.717, 1.165) is 22.4 Å². The summed E-state index contributed by atoms with van der Waals surface area (Å²) in [6, 6.07) is 44.0. The Balaban J connectivity index is 1.43. The van der Waals surface area contributed by atoms with E-state index in [0.29, 0.717) is 0 Å². The van der Waals surface area contributed by atoms with Gasteiger partial charge in [-0.15, -0.1) is 0 Å². The van der Waals surface area contributed by atoms with Gasteiger partial charge >= 0.3 is 0 Å². The first-order valence-corrected chi connectivity index (χ1v) is 14.7. The predicted molar refractivity (Wildman–Crippen MR) is 185 cm³/mol. The molecule has 0 aliphatic rings. The van der Waals surface area contributed by atoms with E-state index in [2.05, 4.69) is 128 Å². The molecular weight excluding hydrogens is 520 g/mol. The van der Waals surface area contributed by atoms with Gasteiger partial charge < -0.3 is 5.73 Å². The molecule has 2 N–H and O–H groups in total. The Kier molecular flexibility index (Phi) is 6.81. The van der Waals surface area contributed by atoms with E-state index in [9.17, 15) is 0 Å². The summed E-state index contributed by atoms with van der Waals surface area (Å²) in [4.78, 5) is 4.71. The Bertz CT molecular complexity index is 2160. The first-order chi connectivity index (χ1) is 21.2. The maximum Gasteiger partial charge on any atom is 0.0708 e. The molecule has 6 aromatic carbocycles. The SMILES string of the molecule is C/C=C(\C=C/N)c1ccnc(-c2ccc(-c3c4ccccc4c(-c4ccc5ccccc5c4)c4ccccc34)c(C)c2)c1. The zero-order valence-electron chi connectivity index (χ0n) is 24.4. The van der Waals surface area contributed by atoms with E-state index >= 15 is 0 Å². The molecular formula is C41H32N2. The Morgan fingerprint density at radius 2 is 1.26 bits per heavy atom. The molecule has 0 fully saturated rings. The van der Waals surface area contributed by atoms with Crippen molar-refractivity contribution in [3.63, 3.8) is 0 Å². The second-order valence-corrected chi connectivity index (χ2v) is 11.0. The van der Waals surface area contributed by atoms with Crippen LogP contribution in [0.25, 0.3) is 71.4 Å². The minimum absolute atomic E-state index is 0.943. The van der Waals surface area contributed by atoms with Crippen molar-refractivity contribution in [2.45, 2.75) is 13.8 Å². The topological polar surface area (TPSA) is 38.9 Å². The Hall–Kier alpha value is -5.47. The fourth-order valence-electron chi connectivity index (χ4n) is 6.41. The van der Waals surface area contributed by atoms with Crippen molar-refractivity contribution in [3.05, 3.63) is 157 Å². The maximum atomic E-state index is 5.69. The van der Waals surface area contributed by atoms with Crippen molar-refractivity contribution in [2.75, 3.05) is 0 Å². The molecule has 2 heteroatoms. The normalized spacial score (nSPS) is 12.1. The van der Waals surface area contributed by atoms with Crippen molar-refractivity contribution < 1.29 is 0 Å². The van der Waals surface area contributed by atoms with Crippen LogP contribution >= 0.6 is 0 Å². The van der Waals surface area contributed by atoms with Gasteiger partial charge in [-0.2, -0.15) is 0 Å². The highest BCUT2D eigenvalue weighted by Gasteiger charge is 2.18. The fourth-order valence-corrected chi connectivity index (χ4v) is 6.41. The van der Waals surface area contributed by atoms with Gasteiger partial charge in [0.1, 0.15) is 0 Å². The van der Waals surface area contributed by atoms with Crippen LogP contribution < -0.4 is 5.73 Å². The molecule has 7 rings (SSSR count). The van der Waals surface area contributed by atoms with Crippen LogP contribution in [0.3, 0.4) is 0 Å². The third-order valence-electron chi connectivity index (χ3n) is 8.44. The number of benzene rings is 6. The van der Waals surface area contributed by atoms with E-state index in [1.165, 1.54) is 60.1 Å². The van der Waals surface area contributed by atoms with E-state index in [1.54, 1.807) is 6.20 Å². The summed E-state index contributed by atoms with van der Waals surface area (Å²) in [5.74, 6) is 0. The number of allylic oxidation sites excluding steroid dienone is 3. The van der Waals surface area contributed by atoms with Crippen LogP contribution in [-0.4, -0.2) is 4.98 Å². The highest BCUT2D eigenvalue weighted by atomic mass is 14.7. The van der Waals surface area contributed by atoms with Crippen LogP contribution in [0.5, 0.6) is 0 Å². The van der Waals surface area contributed by atoms with Crippen LogP contribution in [0.4, 0.5) is 0 Å². The number of rotatable bonds is 5. The van der Waals surface area contributed by atoms with Gasteiger partial charge in [0.05, 0.1) is 5.69 Å². The second kappa shape index (κ2) is 11.1. The molecule has 1 aromatic heterocycles. The average molecular weight is 553 g/mol. The summed E-state index contributed by atoms with van der Waals surface area (Å²) in [7, 11) is 0. The fraction of sp³-hybridized carbons (Fsp3) is 0.0488. The molecule has 2 nitrogen and oxygen atoms in total. The zero-order valence-corrected chi connectivity index (χ0v) is 24.4. The molecule has 0 aliphatic heterocycles. The first-order valence-electron chi connectivity index (χ1n) is 14.7. The van der Waals surface area contributed by atoms with Crippen molar-refractivity contribution in [1.82, 2.24) is 4.98 Å². The number of hydrogen-bond donors (Lipinski definition) is 1. The van der Waals surface area contributed by atoms with E-state index in [-0.39, 0.29) is 0 Å². The number of nitrogens with zero attached hydrogens (tertiary/aromatic N) is 1. The molecule has 0 saturated heterocycles. The Morgan fingerprint density at radius 1 is 0.628 bits per heavy atom. The van der Waals surface area contributed by atoms with Gasteiger partial charge in [0.2, 0.25) is 0 Å². The standard InChI is InChI=1S/C41H32N2/c1-3-28(20-22-42)31-21-23-43-39(26-31)32-18-19-34(27(2)24-32)41-37-14-8-6-12-35(37)40(36-13-7-9-15-38(36)41)33-17-16-29-10-4-5-11-30(29)25-33/h3-26H,42H2,1-2H3/b22-20-,28-3+. The molecule has 0 radical (unpaired) electrons. The predicted octanol–water partition coefficient (Wildman–Crippen LogP) is 10.7. The maximum absolute atomic E-state index is 5.69. The van der Waals surface area contributed by atoms with Crippen molar-refractivity contribution in [1.29, 1.82) is 0 Å². The quantitative estimate of drug-likeness (QED) is 0.170. The van der Waals surface area contributed by atoms with Gasteiger partial charge in [0.25, 0.3) is 0 Å². The summed E-state index contributed by atoms with van der Waals surface area (Å²) < 4.78 is 0. The highest BCUT2D eigenvalue weighted by Crippen LogP contribution is 2.45. The molecule has 0 aliphatic carbocycles. The molecule has 43 heavy (non-hydrogen) atoms. The summed E-state index contributed by atoms with van der Waals surface area (Å²) >= 11 is 0. The molecule has 0 spiro atoms. The second-order valence-electron chi connectivity index (χ2n) is 11.0. The third kappa shape index (κ3) is 4.67. The van der Waals surface area contributed by atoms with Crippen molar-refractivity contribution >= 4 is 37.9 Å². The van der Waals surface area contributed by atoms with Crippen molar-refractivity contribution in [3.8, 4) is 33.5 Å². The first kappa shape index (κ1) is 26.4. The highest BCUT2D eigenvalue weighted by molar-refractivity contribution is 6.22. The lowest BCUT2D eigenvalue weighted by molar-refractivity contribution is 1.31. The van der Waals surface area contributed by atoms with Crippen LogP contribution in [0.1, 0.15) is 18.1 Å². The molecule has 206 valence electrons. The average Bonchev–Trinajstić information content (AvgIpc) is 3.06. The third-order valence-corrected chi connectivity index (χ3v) is 8.44. The largest absolute Gasteiger partial charge is 0.405 e. The lowest BCUT2D eigenvalue weighted by Gasteiger charge is -2.19. The monoisotopic (exact) mass is 552 g/mol. The summed E-state index contributed by atoms with van der Waals surface area (Å²) in [5.41, 5.74) is 16.1. The molecule has 0 amide bonds. The molecule has 0 atom stereocenters. The minimum Gasteiger partial charge on any atom is -0.405 e. The lowest BCUT2D eigenvalue weighted by atomic mass is 9.84. The van der Waals surface area contributed by atoms with Gasteiger partial charge in [-0.25, -0.2) is 0 Å². The van der Waals surface area contributed by atoms with E-state index < -0.39 is 0 Å². The summed E-state index contributed by atoms with van der Waals surface area (Å²) in [6.07, 6.45) is 7.43.